The van der Waals surface area contributed by atoms with Gasteiger partial charge >= 0.3 is 0 Å². The van der Waals surface area contributed by atoms with Crippen molar-refractivity contribution in [1.29, 1.82) is 0 Å². The van der Waals surface area contributed by atoms with Crippen LogP contribution in [-0.4, -0.2) is 52.8 Å². The first-order valence-electron chi connectivity index (χ1n) is 9.89. The summed E-state index contributed by atoms with van der Waals surface area (Å²) in [5, 5.41) is 11.4. The van der Waals surface area contributed by atoms with Gasteiger partial charge in [-0.15, -0.1) is 0 Å². The first kappa shape index (κ1) is 22.0. The highest BCUT2D eigenvalue weighted by Crippen LogP contribution is 2.39. The Labute approximate surface area is 180 Å². The van der Waals surface area contributed by atoms with E-state index in [4.69, 9.17) is 11.6 Å². The van der Waals surface area contributed by atoms with Gasteiger partial charge in [0.1, 0.15) is 11.6 Å². The van der Waals surface area contributed by atoms with Gasteiger partial charge in [0.05, 0.1) is 11.6 Å². The van der Waals surface area contributed by atoms with Crippen molar-refractivity contribution >= 4 is 29.1 Å². The lowest BCUT2D eigenvalue weighted by Gasteiger charge is -2.28. The number of amides is 1. The zero-order chi connectivity index (χ0) is 21.8. The molecule has 1 N–H and O–H groups in total. The lowest BCUT2D eigenvalue weighted by atomic mass is 9.95. The van der Waals surface area contributed by atoms with Gasteiger partial charge in [0.15, 0.2) is 0 Å². The number of halogens is 2. The molecule has 0 spiro atoms. The van der Waals surface area contributed by atoms with Crippen LogP contribution in [0.15, 0.2) is 54.1 Å². The largest absolute Gasteiger partial charge is 0.507 e. The molecule has 1 aliphatic heterocycles. The molecule has 0 saturated carbocycles. The van der Waals surface area contributed by atoms with E-state index in [1.807, 2.05) is 13.8 Å². The first-order chi connectivity index (χ1) is 14.4. The molecule has 1 heterocycles. The van der Waals surface area contributed by atoms with E-state index in [-0.39, 0.29) is 16.9 Å². The van der Waals surface area contributed by atoms with Gasteiger partial charge in [-0.3, -0.25) is 9.59 Å². The van der Waals surface area contributed by atoms with Crippen LogP contribution >= 0.6 is 11.6 Å². The number of hydrogen-bond acceptors (Lipinski definition) is 4. The maximum absolute atomic E-state index is 13.3. The Morgan fingerprint density at radius 2 is 1.80 bits per heavy atom. The molecule has 0 aliphatic carbocycles. The van der Waals surface area contributed by atoms with Gasteiger partial charge in [0.25, 0.3) is 11.7 Å². The van der Waals surface area contributed by atoms with Gasteiger partial charge < -0.3 is 14.9 Å². The van der Waals surface area contributed by atoms with E-state index < -0.39 is 23.5 Å². The van der Waals surface area contributed by atoms with Crippen LogP contribution in [0.4, 0.5) is 4.39 Å². The number of carbonyl (C=O) groups is 2. The van der Waals surface area contributed by atoms with E-state index in [0.717, 1.165) is 13.1 Å². The molecule has 2 aromatic rings. The summed E-state index contributed by atoms with van der Waals surface area (Å²) in [7, 11) is 0. The fourth-order valence-corrected chi connectivity index (χ4v) is 3.88. The summed E-state index contributed by atoms with van der Waals surface area (Å²) in [4.78, 5) is 29.4. The number of likely N-dealkylation sites (N-methyl/N-ethyl adjacent to an activating group) is 1. The van der Waals surface area contributed by atoms with Gasteiger partial charge in [-0.1, -0.05) is 37.6 Å². The number of carbonyl (C=O) groups excluding carboxylic acids is 2. The molecule has 2 aromatic carbocycles. The SMILES string of the molecule is CCN(CC)CCN1C(=O)C(=O)/C(=C(/O)c2ccc(F)cc2)[C@H]1c1cccc(Cl)c1. The highest BCUT2D eigenvalue weighted by Gasteiger charge is 2.46. The monoisotopic (exact) mass is 430 g/mol. The molecule has 0 unspecified atom stereocenters. The third-order valence-corrected chi connectivity index (χ3v) is 5.61. The molecule has 0 radical (unpaired) electrons. The van der Waals surface area contributed by atoms with Crippen molar-refractivity contribution in [3.8, 4) is 0 Å². The predicted molar refractivity (Wildman–Crippen MR) is 115 cm³/mol. The third-order valence-electron chi connectivity index (χ3n) is 5.37. The van der Waals surface area contributed by atoms with Crippen molar-refractivity contribution < 1.29 is 19.1 Å². The fraction of sp³-hybridized carbons (Fsp3) is 0.304. The van der Waals surface area contributed by atoms with E-state index in [0.29, 0.717) is 23.7 Å². The Balaban J connectivity index is 2.09. The second-order valence-corrected chi connectivity index (χ2v) is 7.52. The number of likely N-dealkylation sites (tertiary alicyclic amines) is 1. The highest BCUT2D eigenvalue weighted by atomic mass is 35.5. The second kappa shape index (κ2) is 9.41. The topological polar surface area (TPSA) is 60.9 Å². The maximum Gasteiger partial charge on any atom is 0.295 e. The quantitative estimate of drug-likeness (QED) is 0.405. The summed E-state index contributed by atoms with van der Waals surface area (Å²) in [5.41, 5.74) is 0.878. The van der Waals surface area contributed by atoms with Crippen LogP contribution in [0.2, 0.25) is 5.02 Å². The van der Waals surface area contributed by atoms with E-state index in [1.54, 1.807) is 24.3 Å². The molecule has 5 nitrogen and oxygen atoms in total. The summed E-state index contributed by atoms with van der Waals surface area (Å²) in [6.45, 7) is 6.61. The average Bonchev–Trinajstić information content (AvgIpc) is 2.99. The molecule has 3 rings (SSSR count). The third kappa shape index (κ3) is 4.40. The molecule has 1 saturated heterocycles. The smallest absolute Gasteiger partial charge is 0.295 e. The minimum absolute atomic E-state index is 0.0200. The molecule has 0 aromatic heterocycles. The number of benzene rings is 2. The summed E-state index contributed by atoms with van der Waals surface area (Å²) in [6, 6.07) is 11.3. The van der Waals surface area contributed by atoms with Gasteiger partial charge in [0.2, 0.25) is 0 Å². The molecule has 1 fully saturated rings. The highest BCUT2D eigenvalue weighted by molar-refractivity contribution is 6.46. The zero-order valence-electron chi connectivity index (χ0n) is 16.9. The van der Waals surface area contributed by atoms with Crippen molar-refractivity contribution in [2.45, 2.75) is 19.9 Å². The number of aliphatic hydroxyl groups is 1. The van der Waals surface area contributed by atoms with Crippen LogP contribution in [0.1, 0.15) is 31.0 Å². The minimum atomic E-state index is -0.774. The van der Waals surface area contributed by atoms with Crippen LogP contribution in [0, 0.1) is 5.82 Å². The first-order valence-corrected chi connectivity index (χ1v) is 10.3. The van der Waals surface area contributed by atoms with Gasteiger partial charge in [-0.05, 0) is 55.1 Å². The molecule has 1 aliphatic rings. The normalized spacial score (nSPS) is 18.4. The molecular formula is C23H24ClFN2O3. The number of rotatable bonds is 7. The van der Waals surface area contributed by atoms with Gasteiger partial charge in [-0.25, -0.2) is 4.39 Å². The molecule has 7 heteroatoms. The lowest BCUT2D eigenvalue weighted by Crippen LogP contribution is -2.38. The standard InChI is InChI=1S/C23H24ClFN2O3/c1-3-26(4-2)12-13-27-20(16-6-5-7-17(24)14-16)19(22(29)23(27)30)21(28)15-8-10-18(25)11-9-15/h5-11,14,20,28H,3-4,12-13H2,1-2H3/b21-19+/t20-/m1/s1. The van der Waals surface area contributed by atoms with Crippen molar-refractivity contribution in [3.05, 3.63) is 76.1 Å². The number of hydrogen-bond donors (Lipinski definition) is 1. The Morgan fingerprint density at radius 3 is 2.40 bits per heavy atom. The zero-order valence-corrected chi connectivity index (χ0v) is 17.7. The molecule has 0 bridgehead atoms. The van der Waals surface area contributed by atoms with E-state index in [9.17, 15) is 19.1 Å². The summed E-state index contributed by atoms with van der Waals surface area (Å²) in [5.74, 6) is -2.22. The lowest BCUT2D eigenvalue weighted by molar-refractivity contribution is -0.140. The average molecular weight is 431 g/mol. The molecule has 158 valence electrons. The fourth-order valence-electron chi connectivity index (χ4n) is 3.69. The van der Waals surface area contributed by atoms with Crippen LogP contribution in [0.5, 0.6) is 0 Å². The molecule has 1 atom stereocenters. The van der Waals surface area contributed by atoms with Gasteiger partial charge in [0, 0.05) is 23.7 Å². The summed E-state index contributed by atoms with van der Waals surface area (Å²) in [6.07, 6.45) is 0. The summed E-state index contributed by atoms with van der Waals surface area (Å²) >= 11 is 6.16. The summed E-state index contributed by atoms with van der Waals surface area (Å²) < 4.78 is 13.3. The van der Waals surface area contributed by atoms with Crippen LogP contribution < -0.4 is 0 Å². The van der Waals surface area contributed by atoms with Crippen molar-refractivity contribution in [2.24, 2.45) is 0 Å². The van der Waals surface area contributed by atoms with E-state index in [2.05, 4.69) is 4.90 Å². The predicted octanol–water partition coefficient (Wildman–Crippen LogP) is 4.24. The number of ketones is 1. The van der Waals surface area contributed by atoms with Crippen LogP contribution in [0.3, 0.4) is 0 Å². The van der Waals surface area contributed by atoms with Crippen molar-refractivity contribution in [2.75, 3.05) is 26.2 Å². The number of Topliss-reactive ketones (excluding diaryl/α,β-unsaturated/α-hetero) is 1. The Hall–Kier alpha value is -2.70. The maximum atomic E-state index is 13.3. The second-order valence-electron chi connectivity index (χ2n) is 7.08. The molecule has 30 heavy (non-hydrogen) atoms. The number of nitrogens with zero attached hydrogens (tertiary/aromatic N) is 2. The van der Waals surface area contributed by atoms with Crippen molar-refractivity contribution in [3.63, 3.8) is 0 Å². The minimum Gasteiger partial charge on any atom is -0.507 e. The van der Waals surface area contributed by atoms with Crippen molar-refractivity contribution in [1.82, 2.24) is 9.80 Å². The van der Waals surface area contributed by atoms with E-state index >= 15 is 0 Å². The number of aliphatic hydroxyl groups excluding tert-OH is 1. The van der Waals surface area contributed by atoms with Crippen LogP contribution in [-0.2, 0) is 9.59 Å². The Bertz CT molecular complexity index is 971. The van der Waals surface area contributed by atoms with Crippen LogP contribution in [0.25, 0.3) is 5.76 Å². The Kier molecular flexibility index (Phi) is 6.90. The molecule has 1 amide bonds. The van der Waals surface area contributed by atoms with E-state index in [1.165, 1.54) is 29.2 Å². The van der Waals surface area contributed by atoms with Gasteiger partial charge in [-0.2, -0.15) is 0 Å². The Morgan fingerprint density at radius 1 is 1.13 bits per heavy atom. The molecular weight excluding hydrogens is 407 g/mol.